The molecule has 2 heteroatoms. The monoisotopic (exact) mass is 630 g/mol. The van der Waals surface area contributed by atoms with E-state index >= 15 is 0 Å². The molecule has 0 aromatic heterocycles. The summed E-state index contributed by atoms with van der Waals surface area (Å²) in [5, 5.41) is 8.67. The van der Waals surface area contributed by atoms with Crippen LogP contribution in [0, 0.1) is 0 Å². The molecule has 0 unspecified atom stereocenters. The Labute approximate surface area is 275 Å². The molecule has 0 fully saturated rings. The molecule has 46 heavy (non-hydrogen) atoms. The summed E-state index contributed by atoms with van der Waals surface area (Å²) in [6.07, 6.45) is 1.98. The van der Waals surface area contributed by atoms with Gasteiger partial charge < -0.3 is 0 Å². The van der Waals surface area contributed by atoms with E-state index < -0.39 is 14.5 Å². The van der Waals surface area contributed by atoms with Crippen LogP contribution in [0.2, 0.25) is 0 Å². The summed E-state index contributed by atoms with van der Waals surface area (Å²) < 4.78 is 0. The molecule has 0 spiro atoms. The Bertz CT molecular complexity index is 1620. The molecule has 0 saturated heterocycles. The van der Waals surface area contributed by atoms with Gasteiger partial charge in [-0.25, -0.2) is 0 Å². The van der Waals surface area contributed by atoms with Crippen LogP contribution in [0.3, 0.4) is 0 Å². The van der Waals surface area contributed by atoms with Crippen molar-refractivity contribution in [3.63, 3.8) is 0 Å². The first-order valence-electron chi connectivity index (χ1n) is 16.2. The molecule has 0 aliphatic heterocycles. The molecule has 0 saturated carbocycles. The number of rotatable bonds is 10. The van der Waals surface area contributed by atoms with Crippen molar-refractivity contribution < 1.29 is 0 Å². The van der Waals surface area contributed by atoms with Gasteiger partial charge in [-0.1, -0.05) is 0 Å². The summed E-state index contributed by atoms with van der Waals surface area (Å²) in [6, 6.07) is 77.2. The second kappa shape index (κ2) is 13.8. The summed E-state index contributed by atoms with van der Waals surface area (Å²) in [5.74, 6) is 0. The zero-order valence-electron chi connectivity index (χ0n) is 26.0. The van der Waals surface area contributed by atoms with E-state index in [4.69, 9.17) is 0 Å². The Balaban J connectivity index is 1.46. The number of benzene rings is 7. The van der Waals surface area contributed by atoms with Crippen molar-refractivity contribution in [1.29, 1.82) is 0 Å². The first-order chi connectivity index (χ1) is 22.8. The summed E-state index contributed by atoms with van der Waals surface area (Å²) >= 11 is 0. The zero-order chi connectivity index (χ0) is 31.1. The fraction of sp³-hybridized carbons (Fsp3) is 0.0455. The van der Waals surface area contributed by atoms with E-state index in [-0.39, 0.29) is 0 Å². The molecular formula is C44H40P2. The van der Waals surface area contributed by atoms with Crippen LogP contribution in [0.15, 0.2) is 206 Å². The van der Waals surface area contributed by atoms with Gasteiger partial charge in [-0.15, -0.1) is 0 Å². The molecule has 0 N–H and O–H groups in total. The molecule has 7 aromatic carbocycles. The van der Waals surface area contributed by atoms with Crippen molar-refractivity contribution in [2.75, 3.05) is 0 Å². The quantitative estimate of drug-likeness (QED) is 0.134. The van der Waals surface area contributed by atoms with Crippen LogP contribution in [0.1, 0.15) is 11.1 Å². The second-order valence-corrected chi connectivity index (χ2v) is 19.9. The maximum atomic E-state index is 2.41. The van der Waals surface area contributed by atoms with E-state index in [9.17, 15) is 0 Å². The molecule has 7 aromatic rings. The number of hydrogen-bond acceptors (Lipinski definition) is 0. The third kappa shape index (κ3) is 5.76. The Morgan fingerprint density at radius 3 is 0.587 bits per heavy atom. The van der Waals surface area contributed by atoms with E-state index in [1.54, 1.807) is 0 Å². The van der Waals surface area contributed by atoms with Gasteiger partial charge in [0, 0.05) is 0 Å². The van der Waals surface area contributed by atoms with Gasteiger partial charge in [0.05, 0.1) is 0 Å². The molecule has 0 nitrogen and oxygen atoms in total. The Morgan fingerprint density at radius 1 is 0.217 bits per heavy atom. The van der Waals surface area contributed by atoms with Gasteiger partial charge in [-0.3, -0.25) is 0 Å². The average Bonchev–Trinajstić information content (AvgIpc) is 3.15. The molecule has 7 rings (SSSR count). The fourth-order valence-electron chi connectivity index (χ4n) is 7.42. The summed E-state index contributed by atoms with van der Waals surface area (Å²) in [4.78, 5) is 0. The summed E-state index contributed by atoms with van der Waals surface area (Å²) in [6.45, 7) is 0. The molecule has 0 heterocycles. The average molecular weight is 631 g/mol. The third-order valence-electron chi connectivity index (χ3n) is 9.63. The van der Waals surface area contributed by atoms with Crippen molar-refractivity contribution in [3.05, 3.63) is 217 Å². The van der Waals surface area contributed by atoms with Crippen molar-refractivity contribution in [1.82, 2.24) is 0 Å². The van der Waals surface area contributed by atoms with Gasteiger partial charge in [-0.2, -0.15) is 0 Å². The fourth-order valence-corrected chi connectivity index (χ4v) is 17.0. The SMILES string of the molecule is c1ccc([PH](Cc2ccccc2C[PH](c2ccccc2)(c2ccccc2)c2ccccc2)(c2ccccc2)c2ccccc2)cc1. The minimum absolute atomic E-state index is 0.990. The Hall–Kier alpha value is -4.60. The normalized spacial score (nSPS) is 12.3. The Morgan fingerprint density at radius 2 is 0.391 bits per heavy atom. The summed E-state index contributed by atoms with van der Waals surface area (Å²) in [7, 11) is -4.99. The van der Waals surface area contributed by atoms with E-state index in [0.29, 0.717) is 0 Å². The molecule has 0 aliphatic rings. The van der Waals surface area contributed by atoms with Crippen LogP contribution < -0.4 is 31.8 Å². The third-order valence-corrected chi connectivity index (χ3v) is 19.4. The van der Waals surface area contributed by atoms with Crippen LogP contribution in [0.5, 0.6) is 0 Å². The van der Waals surface area contributed by atoms with Crippen LogP contribution in [-0.2, 0) is 12.3 Å². The van der Waals surface area contributed by atoms with E-state index in [1.807, 2.05) is 0 Å². The van der Waals surface area contributed by atoms with Crippen LogP contribution in [-0.4, -0.2) is 0 Å². The van der Waals surface area contributed by atoms with Crippen LogP contribution in [0.4, 0.5) is 0 Å². The van der Waals surface area contributed by atoms with Crippen molar-refractivity contribution in [3.8, 4) is 0 Å². The van der Waals surface area contributed by atoms with Crippen molar-refractivity contribution >= 4 is 46.4 Å². The standard InChI is InChI=1S/C44H40P2/c1-7-23-39(24-8-1)45(40-25-9-2-10-26-40,41-27-11-3-12-28-41)35-37-21-19-20-22-38(37)36-46(42-29-13-4-14-30-42,43-31-15-5-16-32-43)44-33-17-6-18-34-44/h1-34,45-46H,35-36H2. The van der Waals surface area contributed by atoms with E-state index in [0.717, 1.165) is 12.3 Å². The topological polar surface area (TPSA) is 0 Å². The van der Waals surface area contributed by atoms with Gasteiger partial charge in [0.2, 0.25) is 0 Å². The molecule has 0 amide bonds. The van der Waals surface area contributed by atoms with Crippen LogP contribution >= 0.6 is 14.5 Å². The molecule has 0 atom stereocenters. The van der Waals surface area contributed by atoms with E-state index in [1.165, 1.54) is 43.0 Å². The predicted octanol–water partition coefficient (Wildman–Crippen LogP) is 8.14. The molecule has 226 valence electrons. The maximum absolute atomic E-state index is 2.49. The van der Waals surface area contributed by atoms with Crippen molar-refractivity contribution in [2.24, 2.45) is 0 Å². The number of hydrogen-bond donors (Lipinski definition) is 0. The van der Waals surface area contributed by atoms with Gasteiger partial charge in [0.25, 0.3) is 0 Å². The molecule has 0 radical (unpaired) electrons. The van der Waals surface area contributed by atoms with Crippen molar-refractivity contribution in [2.45, 2.75) is 12.3 Å². The molecule has 0 aliphatic carbocycles. The summed E-state index contributed by atoms with van der Waals surface area (Å²) in [5.41, 5.74) is 2.90. The Kier molecular flexibility index (Phi) is 9.03. The molecular weight excluding hydrogens is 590 g/mol. The van der Waals surface area contributed by atoms with Crippen LogP contribution in [0.25, 0.3) is 0 Å². The van der Waals surface area contributed by atoms with Gasteiger partial charge in [0.15, 0.2) is 0 Å². The van der Waals surface area contributed by atoms with Gasteiger partial charge in [-0.05, 0) is 0 Å². The first kappa shape index (κ1) is 30.1. The van der Waals surface area contributed by atoms with E-state index in [2.05, 4.69) is 206 Å². The first-order valence-corrected chi connectivity index (χ1v) is 20.6. The van der Waals surface area contributed by atoms with Gasteiger partial charge >= 0.3 is 276 Å². The predicted molar refractivity (Wildman–Crippen MR) is 207 cm³/mol. The second-order valence-electron chi connectivity index (χ2n) is 12.1. The zero-order valence-corrected chi connectivity index (χ0v) is 28.0. The minimum atomic E-state index is -2.49. The van der Waals surface area contributed by atoms with Gasteiger partial charge in [0.1, 0.15) is 0 Å². The molecule has 0 bridgehead atoms.